The lowest BCUT2D eigenvalue weighted by atomic mass is 9.91. The van der Waals surface area contributed by atoms with Crippen molar-refractivity contribution in [2.45, 2.75) is 70.2 Å². The van der Waals surface area contributed by atoms with Crippen LogP contribution in [0.25, 0.3) is 0 Å². The lowest BCUT2D eigenvalue weighted by Crippen LogP contribution is -2.46. The van der Waals surface area contributed by atoms with Crippen LogP contribution >= 0.6 is 0 Å². The Morgan fingerprint density at radius 2 is 1.96 bits per heavy atom. The number of amides is 1. The summed E-state index contributed by atoms with van der Waals surface area (Å²) in [4.78, 5) is 14.7. The van der Waals surface area contributed by atoms with Crippen molar-refractivity contribution < 1.29 is 15.0 Å². The standard InChI is InChI=1S/C20H30N2O3/c1-14(16-5-6-16)21-20(25)13-22(17-7-9-18(23)10-8-17)12-15-3-2-4-19(24)11-15/h2-4,11,14,16-18,23-24H,5-10,12-13H2,1H3,(H,21,25)/t14-,17?,18?/m1/s1. The molecule has 1 atom stereocenters. The number of aliphatic hydroxyl groups excluding tert-OH is 1. The lowest BCUT2D eigenvalue weighted by Gasteiger charge is -2.35. The molecular weight excluding hydrogens is 316 g/mol. The molecule has 5 nitrogen and oxygen atoms in total. The number of nitrogens with one attached hydrogen (secondary N) is 1. The number of carbonyl (C=O) groups is 1. The number of benzene rings is 1. The van der Waals surface area contributed by atoms with Gasteiger partial charge in [-0.25, -0.2) is 0 Å². The summed E-state index contributed by atoms with van der Waals surface area (Å²) in [6.07, 6.45) is 5.63. The highest BCUT2D eigenvalue weighted by Gasteiger charge is 2.30. The zero-order chi connectivity index (χ0) is 17.8. The van der Waals surface area contributed by atoms with Crippen molar-refractivity contribution in [1.82, 2.24) is 10.2 Å². The molecule has 0 radical (unpaired) electrons. The first-order valence-electron chi connectivity index (χ1n) is 9.50. The average Bonchev–Trinajstić information content (AvgIpc) is 3.40. The van der Waals surface area contributed by atoms with Crippen molar-refractivity contribution in [3.63, 3.8) is 0 Å². The summed E-state index contributed by atoms with van der Waals surface area (Å²) in [5.41, 5.74) is 1.01. The van der Waals surface area contributed by atoms with Crippen molar-refractivity contribution >= 4 is 5.91 Å². The van der Waals surface area contributed by atoms with E-state index in [0.717, 1.165) is 31.2 Å². The third-order valence-corrected chi connectivity index (χ3v) is 5.54. The van der Waals surface area contributed by atoms with Crippen molar-refractivity contribution in [2.75, 3.05) is 6.54 Å². The number of nitrogens with zero attached hydrogens (tertiary/aromatic N) is 1. The summed E-state index contributed by atoms with van der Waals surface area (Å²) in [5.74, 6) is 0.974. The molecule has 2 aliphatic rings. The first-order valence-corrected chi connectivity index (χ1v) is 9.50. The molecule has 3 rings (SSSR count). The minimum atomic E-state index is -0.206. The largest absolute Gasteiger partial charge is 0.508 e. The molecule has 25 heavy (non-hydrogen) atoms. The Morgan fingerprint density at radius 3 is 2.60 bits per heavy atom. The highest BCUT2D eigenvalue weighted by molar-refractivity contribution is 5.78. The minimum Gasteiger partial charge on any atom is -0.508 e. The quantitative estimate of drug-likeness (QED) is 0.709. The zero-order valence-electron chi connectivity index (χ0n) is 15.0. The second kappa shape index (κ2) is 8.19. The molecule has 0 heterocycles. The van der Waals surface area contributed by atoms with Gasteiger partial charge in [0.05, 0.1) is 12.6 Å². The third kappa shape index (κ3) is 5.44. The average molecular weight is 346 g/mol. The molecule has 0 saturated heterocycles. The fourth-order valence-electron chi connectivity index (χ4n) is 3.82. The normalized spacial score (nSPS) is 24.9. The fraction of sp³-hybridized carbons (Fsp3) is 0.650. The fourth-order valence-corrected chi connectivity index (χ4v) is 3.82. The Hall–Kier alpha value is -1.59. The monoisotopic (exact) mass is 346 g/mol. The summed E-state index contributed by atoms with van der Waals surface area (Å²) in [7, 11) is 0. The third-order valence-electron chi connectivity index (χ3n) is 5.54. The van der Waals surface area contributed by atoms with Crippen molar-refractivity contribution in [3.8, 4) is 5.75 Å². The van der Waals surface area contributed by atoms with Gasteiger partial charge < -0.3 is 15.5 Å². The van der Waals surface area contributed by atoms with E-state index >= 15 is 0 Å². The van der Waals surface area contributed by atoms with E-state index in [4.69, 9.17) is 0 Å². The van der Waals surface area contributed by atoms with Crippen LogP contribution in [0.2, 0.25) is 0 Å². The number of aliphatic hydroxyl groups is 1. The second-order valence-electron chi connectivity index (χ2n) is 7.73. The van der Waals surface area contributed by atoms with Crippen LogP contribution < -0.4 is 5.32 Å². The van der Waals surface area contributed by atoms with Gasteiger partial charge in [0, 0.05) is 18.6 Å². The van der Waals surface area contributed by atoms with Gasteiger partial charge in [-0.15, -0.1) is 0 Å². The second-order valence-corrected chi connectivity index (χ2v) is 7.73. The van der Waals surface area contributed by atoms with Crippen molar-refractivity contribution in [2.24, 2.45) is 5.92 Å². The van der Waals surface area contributed by atoms with Crippen LogP contribution in [0.4, 0.5) is 0 Å². The molecule has 2 fully saturated rings. The summed E-state index contributed by atoms with van der Waals surface area (Å²) in [6, 6.07) is 7.79. The van der Waals surface area contributed by atoms with Gasteiger partial charge in [-0.3, -0.25) is 9.69 Å². The topological polar surface area (TPSA) is 72.8 Å². The van der Waals surface area contributed by atoms with Crippen molar-refractivity contribution in [3.05, 3.63) is 29.8 Å². The van der Waals surface area contributed by atoms with Crippen LogP contribution in [0.1, 0.15) is 51.0 Å². The molecule has 0 aliphatic heterocycles. The summed E-state index contributed by atoms with van der Waals surface area (Å²) in [6.45, 7) is 3.10. The first kappa shape index (κ1) is 18.2. The van der Waals surface area contributed by atoms with Gasteiger partial charge in [-0.2, -0.15) is 0 Å². The molecule has 1 aromatic rings. The summed E-state index contributed by atoms with van der Waals surface area (Å²) < 4.78 is 0. The van der Waals surface area contributed by atoms with Gasteiger partial charge in [-0.1, -0.05) is 12.1 Å². The molecule has 0 aromatic heterocycles. The minimum absolute atomic E-state index is 0.0747. The Balaban J connectivity index is 1.63. The summed E-state index contributed by atoms with van der Waals surface area (Å²) >= 11 is 0. The van der Waals surface area contributed by atoms with Crippen LogP contribution in [-0.4, -0.2) is 45.8 Å². The van der Waals surface area contributed by atoms with Gasteiger partial charge in [0.2, 0.25) is 5.91 Å². The number of rotatable bonds is 7. The number of phenolic OH excluding ortho intramolecular Hbond substituents is 1. The van der Waals surface area contributed by atoms with E-state index in [1.165, 1.54) is 12.8 Å². The Bertz CT molecular complexity index is 580. The van der Waals surface area contributed by atoms with Crippen LogP contribution in [0.3, 0.4) is 0 Å². The Kier molecular flexibility index (Phi) is 5.97. The number of hydrogen-bond donors (Lipinski definition) is 3. The predicted molar refractivity (Wildman–Crippen MR) is 97.1 cm³/mol. The number of carbonyl (C=O) groups excluding carboxylic acids is 1. The maximum atomic E-state index is 12.5. The van der Waals surface area contributed by atoms with Gasteiger partial charge in [-0.05, 0) is 69.1 Å². The lowest BCUT2D eigenvalue weighted by molar-refractivity contribution is -0.124. The van der Waals surface area contributed by atoms with Gasteiger partial charge in [0.15, 0.2) is 0 Å². The number of aromatic hydroxyl groups is 1. The van der Waals surface area contributed by atoms with E-state index in [9.17, 15) is 15.0 Å². The Labute approximate surface area is 150 Å². The molecule has 138 valence electrons. The highest BCUT2D eigenvalue weighted by Crippen LogP contribution is 2.32. The molecule has 3 N–H and O–H groups in total. The van der Waals surface area contributed by atoms with Crippen molar-refractivity contribution in [1.29, 1.82) is 0 Å². The first-order chi connectivity index (χ1) is 12.0. The van der Waals surface area contributed by atoms with E-state index in [2.05, 4.69) is 17.1 Å². The van der Waals surface area contributed by atoms with Crippen LogP contribution in [0, 0.1) is 5.92 Å². The molecule has 5 heteroatoms. The number of phenols is 1. The van der Waals surface area contributed by atoms with E-state index in [0.29, 0.717) is 25.0 Å². The molecule has 0 bridgehead atoms. The SMILES string of the molecule is C[C@@H](NC(=O)CN(Cc1cccc(O)c1)C1CCC(O)CC1)C1CC1. The molecule has 0 unspecified atom stereocenters. The smallest absolute Gasteiger partial charge is 0.234 e. The van der Waals surface area contributed by atoms with E-state index < -0.39 is 0 Å². The molecule has 1 amide bonds. The maximum absolute atomic E-state index is 12.5. The molecule has 1 aromatic carbocycles. The Morgan fingerprint density at radius 1 is 1.24 bits per heavy atom. The van der Waals surface area contributed by atoms with Crippen LogP contribution in [0.15, 0.2) is 24.3 Å². The molecule has 0 spiro atoms. The van der Waals surface area contributed by atoms with Crippen LogP contribution in [0.5, 0.6) is 5.75 Å². The number of hydrogen-bond acceptors (Lipinski definition) is 4. The summed E-state index contributed by atoms with van der Waals surface area (Å²) in [5, 5.41) is 22.6. The maximum Gasteiger partial charge on any atom is 0.234 e. The highest BCUT2D eigenvalue weighted by atomic mass is 16.3. The predicted octanol–water partition coefficient (Wildman–Crippen LogP) is 2.41. The van der Waals surface area contributed by atoms with Gasteiger partial charge in [0.25, 0.3) is 0 Å². The van der Waals surface area contributed by atoms with E-state index in [1.807, 2.05) is 12.1 Å². The molecular formula is C20H30N2O3. The van der Waals surface area contributed by atoms with E-state index in [1.54, 1.807) is 12.1 Å². The molecule has 2 aliphatic carbocycles. The van der Waals surface area contributed by atoms with Gasteiger partial charge in [0.1, 0.15) is 5.75 Å². The van der Waals surface area contributed by atoms with Crippen LogP contribution in [-0.2, 0) is 11.3 Å². The van der Waals surface area contributed by atoms with Gasteiger partial charge >= 0.3 is 0 Å². The molecule has 2 saturated carbocycles. The zero-order valence-corrected chi connectivity index (χ0v) is 15.0. The van der Waals surface area contributed by atoms with E-state index in [-0.39, 0.29) is 23.8 Å².